The lowest BCUT2D eigenvalue weighted by atomic mass is 9.81. The zero-order valence-corrected chi connectivity index (χ0v) is 11.9. The Bertz CT molecular complexity index is 389. The van der Waals surface area contributed by atoms with Gasteiger partial charge in [-0.15, -0.1) is 0 Å². The molecular formula is C15H25N3. The van der Waals surface area contributed by atoms with Gasteiger partial charge in [-0.25, -0.2) is 4.98 Å². The van der Waals surface area contributed by atoms with E-state index in [4.69, 9.17) is 0 Å². The second kappa shape index (κ2) is 6.17. The minimum Gasteiger partial charge on any atom is -0.369 e. The number of rotatable bonds is 4. The highest BCUT2D eigenvalue weighted by Gasteiger charge is 2.18. The Morgan fingerprint density at radius 1 is 1.33 bits per heavy atom. The molecule has 1 aliphatic rings. The van der Waals surface area contributed by atoms with Crippen LogP contribution in [0.2, 0.25) is 0 Å². The first-order valence-electron chi connectivity index (χ1n) is 7.19. The third-order valence-electron chi connectivity index (χ3n) is 3.97. The summed E-state index contributed by atoms with van der Waals surface area (Å²) in [7, 11) is 0. The third kappa shape index (κ3) is 3.69. The molecule has 2 rings (SSSR count). The zero-order chi connectivity index (χ0) is 13.0. The Kier molecular flexibility index (Phi) is 4.56. The molecule has 1 heterocycles. The largest absolute Gasteiger partial charge is 0.369 e. The number of nitrogens with one attached hydrogen (secondary N) is 1. The monoisotopic (exact) mass is 247 g/mol. The van der Waals surface area contributed by atoms with Gasteiger partial charge in [0.2, 0.25) is 0 Å². The second-order valence-electron chi connectivity index (χ2n) is 5.80. The maximum Gasteiger partial charge on any atom is 0.147 e. The smallest absolute Gasteiger partial charge is 0.147 e. The van der Waals surface area contributed by atoms with E-state index in [0.717, 1.165) is 35.6 Å². The van der Waals surface area contributed by atoms with Crippen LogP contribution in [0.5, 0.6) is 0 Å². The van der Waals surface area contributed by atoms with Crippen LogP contribution in [0.1, 0.15) is 50.4 Å². The molecule has 0 aliphatic heterocycles. The van der Waals surface area contributed by atoms with E-state index in [1.165, 1.54) is 32.1 Å². The van der Waals surface area contributed by atoms with Gasteiger partial charge in [-0.1, -0.05) is 26.2 Å². The molecule has 0 aromatic carbocycles. The van der Waals surface area contributed by atoms with Crippen LogP contribution in [0.25, 0.3) is 0 Å². The standard InChI is InChI=1S/C15H25N3/c1-11-5-4-6-14(9-11)7-8-16-15-13(3)17-10-12(2)18-15/h10-11,14H,4-9H2,1-3H3,(H,16,18). The van der Waals surface area contributed by atoms with Gasteiger partial charge in [-0.05, 0) is 38.5 Å². The summed E-state index contributed by atoms with van der Waals surface area (Å²) in [5.41, 5.74) is 1.98. The number of anilines is 1. The van der Waals surface area contributed by atoms with Crippen molar-refractivity contribution in [2.24, 2.45) is 11.8 Å². The molecule has 0 bridgehead atoms. The van der Waals surface area contributed by atoms with Crippen LogP contribution in [0.3, 0.4) is 0 Å². The molecule has 0 saturated heterocycles. The van der Waals surface area contributed by atoms with Gasteiger partial charge < -0.3 is 5.32 Å². The summed E-state index contributed by atoms with van der Waals surface area (Å²) in [5, 5.41) is 3.44. The highest BCUT2D eigenvalue weighted by atomic mass is 15.0. The van der Waals surface area contributed by atoms with Crippen molar-refractivity contribution in [3.8, 4) is 0 Å². The maximum absolute atomic E-state index is 4.50. The van der Waals surface area contributed by atoms with Crippen molar-refractivity contribution >= 4 is 5.82 Å². The molecule has 2 atom stereocenters. The Morgan fingerprint density at radius 2 is 2.17 bits per heavy atom. The van der Waals surface area contributed by atoms with E-state index in [2.05, 4.69) is 22.2 Å². The normalized spacial score (nSPS) is 23.9. The number of hydrogen-bond donors (Lipinski definition) is 1. The van der Waals surface area contributed by atoms with Crippen LogP contribution < -0.4 is 5.32 Å². The molecule has 18 heavy (non-hydrogen) atoms. The number of aromatic nitrogens is 2. The topological polar surface area (TPSA) is 37.8 Å². The lowest BCUT2D eigenvalue weighted by Gasteiger charge is -2.26. The van der Waals surface area contributed by atoms with Crippen molar-refractivity contribution in [1.82, 2.24) is 9.97 Å². The Morgan fingerprint density at radius 3 is 2.94 bits per heavy atom. The Hall–Kier alpha value is -1.12. The molecule has 1 saturated carbocycles. The number of nitrogens with zero attached hydrogens (tertiary/aromatic N) is 2. The SMILES string of the molecule is Cc1cnc(C)c(NCCC2CCCC(C)C2)n1. The predicted octanol–water partition coefficient (Wildman–Crippen LogP) is 3.72. The first-order valence-corrected chi connectivity index (χ1v) is 7.19. The minimum atomic E-state index is 0.902. The number of aryl methyl sites for hydroxylation is 2. The first kappa shape index (κ1) is 13.3. The lowest BCUT2D eigenvalue weighted by Crippen LogP contribution is -2.17. The van der Waals surface area contributed by atoms with Crippen LogP contribution in [0.4, 0.5) is 5.82 Å². The van der Waals surface area contributed by atoms with Gasteiger partial charge in [-0.3, -0.25) is 4.98 Å². The van der Waals surface area contributed by atoms with Crippen molar-refractivity contribution in [3.63, 3.8) is 0 Å². The van der Waals surface area contributed by atoms with Crippen molar-refractivity contribution in [2.45, 2.75) is 52.9 Å². The summed E-state index contributed by atoms with van der Waals surface area (Å²) in [5.74, 6) is 2.78. The summed E-state index contributed by atoms with van der Waals surface area (Å²) in [4.78, 5) is 8.83. The molecule has 1 N–H and O–H groups in total. The molecule has 0 radical (unpaired) electrons. The van der Waals surface area contributed by atoms with Gasteiger partial charge in [0.05, 0.1) is 11.4 Å². The quantitative estimate of drug-likeness (QED) is 0.881. The van der Waals surface area contributed by atoms with E-state index >= 15 is 0 Å². The second-order valence-corrected chi connectivity index (χ2v) is 5.80. The van der Waals surface area contributed by atoms with E-state index in [1.807, 2.05) is 20.0 Å². The average Bonchev–Trinajstić information content (AvgIpc) is 2.34. The Labute approximate surface area is 110 Å². The summed E-state index contributed by atoms with van der Waals surface area (Å²) < 4.78 is 0. The van der Waals surface area contributed by atoms with E-state index < -0.39 is 0 Å². The molecule has 0 amide bonds. The molecule has 0 spiro atoms. The zero-order valence-electron chi connectivity index (χ0n) is 11.9. The minimum absolute atomic E-state index is 0.902. The lowest BCUT2D eigenvalue weighted by molar-refractivity contribution is 0.274. The van der Waals surface area contributed by atoms with Gasteiger partial charge in [0.15, 0.2) is 0 Å². The third-order valence-corrected chi connectivity index (χ3v) is 3.97. The average molecular weight is 247 g/mol. The van der Waals surface area contributed by atoms with Gasteiger partial charge in [0, 0.05) is 12.7 Å². The molecule has 1 aromatic heterocycles. The maximum atomic E-state index is 4.50. The predicted molar refractivity (Wildman–Crippen MR) is 75.7 cm³/mol. The van der Waals surface area contributed by atoms with Crippen molar-refractivity contribution in [2.75, 3.05) is 11.9 Å². The van der Waals surface area contributed by atoms with Crippen LogP contribution >= 0.6 is 0 Å². The fraction of sp³-hybridized carbons (Fsp3) is 0.733. The fourth-order valence-corrected chi connectivity index (χ4v) is 2.92. The summed E-state index contributed by atoms with van der Waals surface area (Å²) in [6.07, 6.45) is 8.73. The molecule has 3 heteroatoms. The van der Waals surface area contributed by atoms with Gasteiger partial charge in [-0.2, -0.15) is 0 Å². The first-order chi connectivity index (χ1) is 8.65. The van der Waals surface area contributed by atoms with E-state index in [-0.39, 0.29) is 0 Å². The highest BCUT2D eigenvalue weighted by Crippen LogP contribution is 2.30. The Balaban J connectivity index is 1.79. The molecule has 3 nitrogen and oxygen atoms in total. The molecule has 2 unspecified atom stereocenters. The van der Waals surface area contributed by atoms with Crippen LogP contribution in [-0.2, 0) is 0 Å². The highest BCUT2D eigenvalue weighted by molar-refractivity contribution is 5.39. The van der Waals surface area contributed by atoms with Crippen molar-refractivity contribution < 1.29 is 0 Å². The van der Waals surface area contributed by atoms with E-state index in [1.54, 1.807) is 0 Å². The fourth-order valence-electron chi connectivity index (χ4n) is 2.92. The van der Waals surface area contributed by atoms with Gasteiger partial charge >= 0.3 is 0 Å². The van der Waals surface area contributed by atoms with Crippen molar-refractivity contribution in [3.05, 3.63) is 17.6 Å². The van der Waals surface area contributed by atoms with Crippen LogP contribution in [0.15, 0.2) is 6.20 Å². The number of hydrogen-bond acceptors (Lipinski definition) is 3. The van der Waals surface area contributed by atoms with Gasteiger partial charge in [0.1, 0.15) is 5.82 Å². The summed E-state index contributed by atoms with van der Waals surface area (Å²) in [6, 6.07) is 0. The molecule has 1 aliphatic carbocycles. The van der Waals surface area contributed by atoms with E-state index in [0.29, 0.717) is 0 Å². The van der Waals surface area contributed by atoms with E-state index in [9.17, 15) is 0 Å². The summed E-state index contributed by atoms with van der Waals surface area (Å²) >= 11 is 0. The summed E-state index contributed by atoms with van der Waals surface area (Å²) in [6.45, 7) is 7.41. The molecular weight excluding hydrogens is 222 g/mol. The van der Waals surface area contributed by atoms with Gasteiger partial charge in [0.25, 0.3) is 0 Å². The van der Waals surface area contributed by atoms with Crippen molar-refractivity contribution in [1.29, 1.82) is 0 Å². The molecule has 1 fully saturated rings. The molecule has 100 valence electrons. The molecule has 1 aromatic rings. The van der Waals surface area contributed by atoms with Crippen LogP contribution in [-0.4, -0.2) is 16.5 Å². The van der Waals surface area contributed by atoms with Crippen LogP contribution in [0, 0.1) is 25.7 Å².